The monoisotopic (exact) mass is 575 g/mol. The van der Waals surface area contributed by atoms with Crippen LogP contribution in [0, 0.1) is 0 Å². The van der Waals surface area contributed by atoms with Crippen molar-refractivity contribution >= 4 is 40.8 Å². The second-order valence-electron chi connectivity index (χ2n) is 9.93. The Kier molecular flexibility index (Phi) is 6.98. The van der Waals surface area contributed by atoms with Crippen molar-refractivity contribution in [3.05, 3.63) is 110 Å². The van der Waals surface area contributed by atoms with Crippen molar-refractivity contribution in [2.24, 2.45) is 5.10 Å². The van der Waals surface area contributed by atoms with Crippen molar-refractivity contribution in [2.45, 2.75) is 38.1 Å². The molecule has 2 aliphatic rings. The van der Waals surface area contributed by atoms with Crippen molar-refractivity contribution in [1.82, 2.24) is 14.3 Å². The Bertz CT molecular complexity index is 1660. The molecule has 1 unspecified atom stereocenters. The van der Waals surface area contributed by atoms with Gasteiger partial charge in [0.2, 0.25) is 5.95 Å². The molecule has 3 aromatic carbocycles. The molecule has 1 aromatic heterocycles. The highest BCUT2D eigenvalue weighted by Crippen LogP contribution is 2.46. The fourth-order valence-corrected chi connectivity index (χ4v) is 5.95. The Balaban J connectivity index is 1.48. The lowest BCUT2D eigenvalue weighted by Crippen LogP contribution is -2.37. The largest absolute Gasteiger partial charge is 0.466 e. The topological polar surface area (TPSA) is 81.7 Å². The SMILES string of the molecule is CCOC(=O)CCn1c(N2CC3(CCc4ccccc43)C(c3ccc(Cl)cc3)=N2)nn(-c2ccc(Cl)cc2)c1=O. The van der Waals surface area contributed by atoms with Gasteiger partial charge in [0.15, 0.2) is 0 Å². The van der Waals surface area contributed by atoms with Crippen LogP contribution in [0.3, 0.4) is 0 Å². The summed E-state index contributed by atoms with van der Waals surface area (Å²) in [5.41, 5.74) is 4.17. The van der Waals surface area contributed by atoms with Crippen LogP contribution in [0.25, 0.3) is 5.69 Å². The standard InChI is InChI=1S/C30H27Cl2N5O3/c1-2-40-26(38)16-18-35-28(34-37(29(35)39)24-13-11-23(32)12-14-24)36-19-30(17-15-20-5-3-4-6-25(20)30)27(33-36)21-7-9-22(31)10-8-21/h3-14H,2,15-19H2,1H3. The zero-order valence-corrected chi connectivity index (χ0v) is 23.4. The van der Waals surface area contributed by atoms with Gasteiger partial charge in [-0.2, -0.15) is 9.78 Å². The quantitative estimate of drug-likeness (QED) is 0.275. The number of carbonyl (C=O) groups is 1. The summed E-state index contributed by atoms with van der Waals surface area (Å²) in [6.07, 6.45) is 1.82. The molecule has 1 spiro atoms. The van der Waals surface area contributed by atoms with E-state index >= 15 is 0 Å². The van der Waals surface area contributed by atoms with Crippen LogP contribution >= 0.6 is 23.2 Å². The van der Waals surface area contributed by atoms with Gasteiger partial charge in [0.25, 0.3) is 0 Å². The fourth-order valence-electron chi connectivity index (χ4n) is 5.70. The summed E-state index contributed by atoms with van der Waals surface area (Å²) in [7, 11) is 0. The second-order valence-corrected chi connectivity index (χ2v) is 10.8. The number of aromatic nitrogens is 3. The highest BCUT2D eigenvalue weighted by atomic mass is 35.5. The van der Waals surface area contributed by atoms with Crippen LogP contribution in [0.15, 0.2) is 82.7 Å². The first kappa shape index (κ1) is 26.3. The normalized spacial score (nSPS) is 17.8. The lowest BCUT2D eigenvalue weighted by atomic mass is 9.75. The number of aryl methyl sites for hydroxylation is 1. The molecule has 10 heteroatoms. The van der Waals surface area contributed by atoms with Crippen LogP contribution < -0.4 is 10.7 Å². The van der Waals surface area contributed by atoms with E-state index in [0.29, 0.717) is 28.2 Å². The van der Waals surface area contributed by atoms with E-state index in [4.69, 9.17) is 38.1 Å². The Morgan fingerprint density at radius 1 is 1.00 bits per heavy atom. The van der Waals surface area contributed by atoms with Gasteiger partial charge in [-0.15, -0.1) is 5.10 Å². The maximum absolute atomic E-state index is 13.7. The molecule has 1 aliphatic heterocycles. The third-order valence-corrected chi connectivity index (χ3v) is 8.06. The minimum atomic E-state index is -0.392. The number of benzene rings is 3. The maximum atomic E-state index is 13.7. The summed E-state index contributed by atoms with van der Waals surface area (Å²) in [4.78, 5) is 25.9. The number of carbonyl (C=O) groups excluding carboxylic acids is 1. The number of rotatable bonds is 7. The van der Waals surface area contributed by atoms with Crippen LogP contribution in [0.1, 0.15) is 36.5 Å². The number of fused-ring (bicyclic) bond motifs is 2. The number of ether oxygens (including phenoxy) is 1. The van der Waals surface area contributed by atoms with E-state index in [2.05, 4.69) is 24.3 Å². The second kappa shape index (κ2) is 10.6. The Labute approximate surface area is 241 Å². The Morgan fingerprint density at radius 2 is 1.70 bits per heavy atom. The van der Waals surface area contributed by atoms with Crippen LogP contribution in [-0.2, 0) is 27.9 Å². The van der Waals surface area contributed by atoms with E-state index in [0.717, 1.165) is 24.1 Å². The van der Waals surface area contributed by atoms with Crippen LogP contribution in [0.2, 0.25) is 10.0 Å². The highest BCUT2D eigenvalue weighted by molar-refractivity contribution is 6.31. The van der Waals surface area contributed by atoms with Gasteiger partial charge in [0, 0.05) is 16.6 Å². The van der Waals surface area contributed by atoms with Crippen molar-refractivity contribution in [3.63, 3.8) is 0 Å². The molecule has 8 nitrogen and oxygen atoms in total. The maximum Gasteiger partial charge on any atom is 0.352 e. The molecule has 0 saturated heterocycles. The van der Waals surface area contributed by atoms with Crippen LogP contribution in [0.5, 0.6) is 0 Å². The van der Waals surface area contributed by atoms with Gasteiger partial charge in [-0.3, -0.25) is 9.36 Å². The minimum absolute atomic E-state index is 0.0304. The smallest absolute Gasteiger partial charge is 0.352 e. The van der Waals surface area contributed by atoms with Crippen LogP contribution in [-0.4, -0.2) is 39.2 Å². The molecule has 6 rings (SSSR count). The van der Waals surface area contributed by atoms with Gasteiger partial charge in [-0.1, -0.05) is 59.6 Å². The molecule has 0 radical (unpaired) electrons. The number of anilines is 1. The van der Waals surface area contributed by atoms with Gasteiger partial charge in [0.05, 0.1) is 36.4 Å². The highest BCUT2D eigenvalue weighted by Gasteiger charge is 2.49. The van der Waals surface area contributed by atoms with Gasteiger partial charge < -0.3 is 4.74 Å². The average Bonchev–Trinajstić information content (AvgIpc) is 3.63. The number of esters is 1. The fraction of sp³-hybridized carbons (Fsp3) is 0.267. The first-order valence-electron chi connectivity index (χ1n) is 13.2. The zero-order valence-electron chi connectivity index (χ0n) is 21.9. The molecule has 0 bridgehead atoms. The van der Waals surface area contributed by atoms with E-state index in [1.807, 2.05) is 24.3 Å². The first-order chi connectivity index (χ1) is 19.4. The summed E-state index contributed by atoms with van der Waals surface area (Å²) in [6.45, 7) is 2.63. The molecule has 1 aliphatic carbocycles. The summed E-state index contributed by atoms with van der Waals surface area (Å²) < 4.78 is 7.94. The molecule has 1 atom stereocenters. The van der Waals surface area contributed by atoms with E-state index in [-0.39, 0.29) is 31.2 Å². The lowest BCUT2D eigenvalue weighted by molar-refractivity contribution is -0.143. The van der Waals surface area contributed by atoms with E-state index in [1.165, 1.54) is 20.4 Å². The number of halogens is 2. The molecule has 0 N–H and O–H groups in total. The molecule has 0 saturated carbocycles. The molecule has 0 amide bonds. The number of nitrogens with zero attached hydrogens (tertiary/aromatic N) is 5. The van der Waals surface area contributed by atoms with Gasteiger partial charge >= 0.3 is 11.7 Å². The minimum Gasteiger partial charge on any atom is -0.466 e. The number of hydrogen-bond acceptors (Lipinski definition) is 6. The number of hydrogen-bond donors (Lipinski definition) is 0. The summed E-state index contributed by atoms with van der Waals surface area (Å²) in [5, 5.41) is 12.8. The molecule has 4 aromatic rings. The average molecular weight is 576 g/mol. The molecule has 2 heterocycles. The lowest BCUT2D eigenvalue weighted by Gasteiger charge is -2.27. The van der Waals surface area contributed by atoms with E-state index < -0.39 is 5.41 Å². The number of hydrazone groups is 1. The summed E-state index contributed by atoms with van der Waals surface area (Å²) >= 11 is 12.3. The predicted octanol–water partition coefficient (Wildman–Crippen LogP) is 5.40. The first-order valence-corrected chi connectivity index (χ1v) is 14.0. The summed E-state index contributed by atoms with van der Waals surface area (Å²) in [6, 6.07) is 23.0. The molecule has 40 heavy (non-hydrogen) atoms. The third kappa shape index (κ3) is 4.61. The van der Waals surface area contributed by atoms with Crippen molar-refractivity contribution < 1.29 is 9.53 Å². The summed E-state index contributed by atoms with van der Waals surface area (Å²) in [5.74, 6) is -0.0236. The predicted molar refractivity (Wildman–Crippen MR) is 156 cm³/mol. The van der Waals surface area contributed by atoms with Gasteiger partial charge in [-0.25, -0.2) is 9.80 Å². The molecule has 204 valence electrons. The zero-order chi connectivity index (χ0) is 27.9. The van der Waals surface area contributed by atoms with Crippen molar-refractivity contribution in [1.29, 1.82) is 0 Å². The molecule has 0 fully saturated rings. The van der Waals surface area contributed by atoms with Crippen molar-refractivity contribution in [3.8, 4) is 5.69 Å². The van der Waals surface area contributed by atoms with E-state index in [9.17, 15) is 9.59 Å². The van der Waals surface area contributed by atoms with Gasteiger partial charge in [-0.05, 0) is 72.9 Å². The van der Waals surface area contributed by atoms with Gasteiger partial charge in [0.1, 0.15) is 0 Å². The molecular formula is C30H27Cl2N5O3. The Hall–Kier alpha value is -3.88. The van der Waals surface area contributed by atoms with E-state index in [1.54, 1.807) is 36.2 Å². The Morgan fingerprint density at radius 3 is 2.42 bits per heavy atom. The molecular weight excluding hydrogens is 549 g/mol. The van der Waals surface area contributed by atoms with Crippen molar-refractivity contribution in [2.75, 3.05) is 18.2 Å². The van der Waals surface area contributed by atoms with Crippen LogP contribution in [0.4, 0.5) is 5.95 Å². The third-order valence-electron chi connectivity index (χ3n) is 7.56.